The van der Waals surface area contributed by atoms with Crippen molar-refractivity contribution in [3.05, 3.63) is 23.0 Å². The number of hydrogen-bond donors (Lipinski definition) is 2. The third-order valence-corrected chi connectivity index (χ3v) is 2.95. The molecular formula is C12H15N3O2S. The molecule has 0 aliphatic carbocycles. The molecule has 18 heavy (non-hydrogen) atoms. The molecule has 0 atom stereocenters. The molecule has 0 fully saturated rings. The number of nitrogens with zero attached hydrogens (tertiary/aromatic N) is 2. The lowest BCUT2D eigenvalue weighted by Gasteiger charge is -2.07. The molecule has 96 valence electrons. The summed E-state index contributed by atoms with van der Waals surface area (Å²) in [6.07, 6.45) is 0.961. The monoisotopic (exact) mass is 265 g/mol. The van der Waals surface area contributed by atoms with Gasteiger partial charge >= 0.3 is 0 Å². The first-order valence-corrected chi connectivity index (χ1v) is 6.10. The van der Waals surface area contributed by atoms with Crippen molar-refractivity contribution in [3.63, 3.8) is 0 Å². The second-order valence-corrected chi connectivity index (χ2v) is 4.28. The molecule has 0 saturated heterocycles. The first-order valence-electron chi connectivity index (χ1n) is 5.70. The number of aromatic hydroxyl groups is 1. The molecule has 0 unspecified atom stereocenters. The van der Waals surface area contributed by atoms with Crippen LogP contribution in [0.15, 0.2) is 18.2 Å². The lowest BCUT2D eigenvalue weighted by atomic mass is 10.2. The molecule has 0 amide bonds. The quantitative estimate of drug-likeness (QED) is 0.834. The summed E-state index contributed by atoms with van der Waals surface area (Å²) in [5.41, 5.74) is 0.800. The van der Waals surface area contributed by atoms with Gasteiger partial charge in [-0.2, -0.15) is 5.10 Å². The van der Waals surface area contributed by atoms with Crippen molar-refractivity contribution in [2.45, 2.75) is 19.9 Å². The third kappa shape index (κ3) is 2.24. The van der Waals surface area contributed by atoms with Gasteiger partial charge in [0.25, 0.3) is 0 Å². The number of ether oxygens (including phenoxy) is 1. The Hall–Kier alpha value is -1.82. The van der Waals surface area contributed by atoms with Gasteiger partial charge in [0.1, 0.15) is 0 Å². The summed E-state index contributed by atoms with van der Waals surface area (Å²) in [6, 6.07) is 5.17. The molecule has 0 saturated carbocycles. The number of H-pyrrole nitrogens is 1. The highest BCUT2D eigenvalue weighted by Gasteiger charge is 2.10. The molecule has 1 aromatic heterocycles. The van der Waals surface area contributed by atoms with Gasteiger partial charge < -0.3 is 14.4 Å². The van der Waals surface area contributed by atoms with Crippen LogP contribution in [-0.4, -0.2) is 27.0 Å². The van der Waals surface area contributed by atoms with Crippen molar-refractivity contribution < 1.29 is 9.84 Å². The highest BCUT2D eigenvalue weighted by Crippen LogP contribution is 2.30. The van der Waals surface area contributed by atoms with E-state index >= 15 is 0 Å². The van der Waals surface area contributed by atoms with Crippen molar-refractivity contribution in [2.24, 2.45) is 0 Å². The average Bonchev–Trinajstić information content (AvgIpc) is 2.72. The third-order valence-electron chi connectivity index (χ3n) is 2.64. The minimum atomic E-state index is 0.0898. The van der Waals surface area contributed by atoms with E-state index in [2.05, 4.69) is 17.1 Å². The summed E-state index contributed by atoms with van der Waals surface area (Å²) >= 11 is 5.18. The average molecular weight is 265 g/mol. The predicted octanol–water partition coefficient (Wildman–Crippen LogP) is 2.73. The smallest absolute Gasteiger partial charge is 0.195 e. The van der Waals surface area contributed by atoms with Crippen molar-refractivity contribution in [1.29, 1.82) is 0 Å². The minimum Gasteiger partial charge on any atom is -0.504 e. The molecule has 0 spiro atoms. The van der Waals surface area contributed by atoms with E-state index in [1.807, 2.05) is 10.6 Å². The van der Waals surface area contributed by atoms with Crippen LogP contribution < -0.4 is 4.74 Å². The molecule has 6 heteroatoms. The highest BCUT2D eigenvalue weighted by atomic mass is 32.1. The second-order valence-electron chi connectivity index (χ2n) is 3.89. The van der Waals surface area contributed by atoms with E-state index in [9.17, 15) is 5.11 Å². The first kappa shape index (κ1) is 12.6. The summed E-state index contributed by atoms with van der Waals surface area (Å²) in [5.74, 6) is 1.25. The Morgan fingerprint density at radius 2 is 2.28 bits per heavy atom. The lowest BCUT2D eigenvalue weighted by molar-refractivity contribution is 0.373. The number of nitrogens with one attached hydrogen (secondary N) is 1. The Morgan fingerprint density at radius 3 is 2.89 bits per heavy atom. The van der Waals surface area contributed by atoms with Crippen molar-refractivity contribution in [3.8, 4) is 22.9 Å². The molecule has 0 bridgehead atoms. The van der Waals surface area contributed by atoms with Crippen LogP contribution >= 0.6 is 12.2 Å². The lowest BCUT2D eigenvalue weighted by Crippen LogP contribution is -1.99. The van der Waals surface area contributed by atoms with Gasteiger partial charge in [-0.15, -0.1) is 0 Å². The Kier molecular flexibility index (Phi) is 3.66. The number of benzene rings is 1. The van der Waals surface area contributed by atoms with Crippen LogP contribution in [0.25, 0.3) is 11.4 Å². The molecule has 0 radical (unpaired) electrons. The maximum atomic E-state index is 9.78. The highest BCUT2D eigenvalue weighted by molar-refractivity contribution is 7.71. The van der Waals surface area contributed by atoms with Crippen LogP contribution in [0, 0.1) is 4.77 Å². The SMILES string of the molecule is CCCn1c(-c2ccc(OC)c(O)c2)n[nH]c1=S. The maximum Gasteiger partial charge on any atom is 0.195 e. The zero-order valence-corrected chi connectivity index (χ0v) is 11.1. The van der Waals surface area contributed by atoms with E-state index < -0.39 is 0 Å². The summed E-state index contributed by atoms with van der Waals surface area (Å²) in [7, 11) is 1.52. The molecule has 0 aliphatic rings. The van der Waals surface area contributed by atoms with Gasteiger partial charge in [-0.1, -0.05) is 6.92 Å². The fraction of sp³-hybridized carbons (Fsp3) is 0.333. The van der Waals surface area contributed by atoms with E-state index in [1.54, 1.807) is 12.1 Å². The Morgan fingerprint density at radius 1 is 1.50 bits per heavy atom. The summed E-state index contributed by atoms with van der Waals surface area (Å²) in [4.78, 5) is 0. The molecule has 1 heterocycles. The number of aromatic nitrogens is 3. The largest absolute Gasteiger partial charge is 0.504 e. The van der Waals surface area contributed by atoms with Gasteiger partial charge in [0.05, 0.1) is 7.11 Å². The van der Waals surface area contributed by atoms with Gasteiger partial charge in [0, 0.05) is 12.1 Å². The second kappa shape index (κ2) is 5.22. The predicted molar refractivity (Wildman–Crippen MR) is 71.4 cm³/mol. The van der Waals surface area contributed by atoms with Crippen LogP contribution in [0.2, 0.25) is 0 Å². The van der Waals surface area contributed by atoms with Crippen molar-refractivity contribution in [2.75, 3.05) is 7.11 Å². The van der Waals surface area contributed by atoms with Crippen molar-refractivity contribution >= 4 is 12.2 Å². The summed E-state index contributed by atoms with van der Waals surface area (Å²) < 4.78 is 7.51. The molecular weight excluding hydrogens is 250 g/mol. The zero-order valence-electron chi connectivity index (χ0n) is 10.3. The molecule has 2 aromatic rings. The van der Waals surface area contributed by atoms with Gasteiger partial charge in [0.2, 0.25) is 0 Å². The number of phenols is 1. The van der Waals surface area contributed by atoms with Crippen molar-refractivity contribution in [1.82, 2.24) is 14.8 Å². The maximum absolute atomic E-state index is 9.78. The standard InChI is InChI=1S/C12H15N3O2S/c1-3-6-15-11(13-14-12(15)18)8-4-5-10(17-2)9(16)7-8/h4-5,7,16H,3,6H2,1-2H3,(H,14,18). The van der Waals surface area contributed by atoms with E-state index in [0.717, 1.165) is 24.4 Å². The van der Waals surface area contributed by atoms with Gasteiger partial charge in [-0.3, -0.25) is 5.10 Å². The number of phenolic OH excluding ortho intramolecular Hbond substituents is 1. The van der Waals surface area contributed by atoms with E-state index in [0.29, 0.717) is 10.5 Å². The van der Waals surface area contributed by atoms with Crippen LogP contribution in [0.3, 0.4) is 0 Å². The Labute approximate surface area is 110 Å². The molecule has 0 aliphatic heterocycles. The number of hydrogen-bond acceptors (Lipinski definition) is 4. The number of aromatic amines is 1. The summed E-state index contributed by atoms with van der Waals surface area (Å²) in [6.45, 7) is 2.86. The molecule has 2 rings (SSSR count). The molecule has 2 N–H and O–H groups in total. The fourth-order valence-electron chi connectivity index (χ4n) is 1.80. The fourth-order valence-corrected chi connectivity index (χ4v) is 2.02. The Balaban J connectivity index is 2.49. The van der Waals surface area contributed by atoms with Gasteiger partial charge in [-0.25, -0.2) is 0 Å². The van der Waals surface area contributed by atoms with Gasteiger partial charge in [0.15, 0.2) is 22.1 Å². The van der Waals surface area contributed by atoms with E-state index in [4.69, 9.17) is 17.0 Å². The minimum absolute atomic E-state index is 0.0898. The van der Waals surface area contributed by atoms with Crippen LogP contribution in [0.1, 0.15) is 13.3 Å². The van der Waals surface area contributed by atoms with Crippen LogP contribution in [0.5, 0.6) is 11.5 Å². The van der Waals surface area contributed by atoms with Crippen LogP contribution in [-0.2, 0) is 6.54 Å². The van der Waals surface area contributed by atoms with E-state index in [-0.39, 0.29) is 5.75 Å². The first-order chi connectivity index (χ1) is 8.67. The number of methoxy groups -OCH3 is 1. The Bertz CT molecular complexity index is 604. The molecule has 5 nitrogen and oxygen atoms in total. The normalized spacial score (nSPS) is 10.6. The summed E-state index contributed by atoms with van der Waals surface area (Å²) in [5, 5.41) is 16.7. The number of rotatable bonds is 4. The van der Waals surface area contributed by atoms with E-state index in [1.165, 1.54) is 7.11 Å². The topological polar surface area (TPSA) is 63.1 Å². The zero-order chi connectivity index (χ0) is 13.1. The molecule has 1 aromatic carbocycles. The van der Waals surface area contributed by atoms with Crippen LogP contribution in [0.4, 0.5) is 0 Å². The van der Waals surface area contributed by atoms with Gasteiger partial charge in [-0.05, 0) is 36.8 Å².